The molecule has 98 valence electrons. The van der Waals surface area contributed by atoms with Crippen LogP contribution < -0.4 is 5.73 Å². The van der Waals surface area contributed by atoms with Crippen LogP contribution in [-0.4, -0.2) is 69.6 Å². The van der Waals surface area contributed by atoms with E-state index in [2.05, 4.69) is 4.74 Å². The van der Waals surface area contributed by atoms with Crippen LogP contribution >= 0.6 is 0 Å². The molecule has 0 spiro atoms. The highest BCUT2D eigenvalue weighted by molar-refractivity contribution is 5.79. The number of carboxylic acid groups (broad SMARTS) is 1. The van der Waals surface area contributed by atoms with Crippen LogP contribution in [0, 0.1) is 0 Å². The van der Waals surface area contributed by atoms with Gasteiger partial charge in [0.1, 0.15) is 24.9 Å². The third-order valence-electron chi connectivity index (χ3n) is 2.22. The first kappa shape index (κ1) is 13.8. The highest BCUT2D eigenvalue weighted by Gasteiger charge is 2.46. The van der Waals surface area contributed by atoms with E-state index in [1.807, 2.05) is 0 Å². The monoisotopic (exact) mass is 251 g/mol. The number of carbonyl (C=O) groups excluding carboxylic acids is 1. The van der Waals surface area contributed by atoms with Crippen molar-refractivity contribution in [2.24, 2.45) is 5.73 Å². The van der Waals surface area contributed by atoms with E-state index in [4.69, 9.17) is 15.6 Å². The molecule has 0 aromatic carbocycles. The van der Waals surface area contributed by atoms with Crippen LogP contribution in [0.25, 0.3) is 0 Å². The van der Waals surface area contributed by atoms with Gasteiger partial charge in [-0.05, 0) is 0 Å². The second-order valence-electron chi connectivity index (χ2n) is 3.50. The molecule has 5 atom stereocenters. The number of rotatable bonds is 4. The normalized spacial score (nSPS) is 37.7. The summed E-state index contributed by atoms with van der Waals surface area (Å²) < 4.78 is 9.38. The molecule has 1 aliphatic heterocycles. The van der Waals surface area contributed by atoms with Gasteiger partial charge in [-0.15, -0.1) is 0 Å². The molecule has 0 bridgehead atoms. The van der Waals surface area contributed by atoms with Crippen molar-refractivity contribution in [3.8, 4) is 0 Å². The summed E-state index contributed by atoms with van der Waals surface area (Å²) in [5, 5.41) is 36.5. The minimum Gasteiger partial charge on any atom is -0.480 e. The standard InChI is InChI=1S/C8H13NO8/c9-7(15)6-4(13)3(12)5(14)8(17-6)16-1-2(10)11/h3-6,8,12-14H,1H2,(H2,9,15)(H,10,11)/t3?,4-,5?,6?,8+/m0/s1. The molecular formula is C8H13NO8. The molecule has 6 N–H and O–H groups in total. The molecule has 1 heterocycles. The number of ether oxygens (including phenoxy) is 2. The fourth-order valence-electron chi connectivity index (χ4n) is 1.37. The summed E-state index contributed by atoms with van der Waals surface area (Å²) in [4.78, 5) is 21.1. The molecule has 1 rings (SSSR count). The van der Waals surface area contributed by atoms with Gasteiger partial charge in [0.05, 0.1) is 0 Å². The molecular weight excluding hydrogens is 238 g/mol. The number of aliphatic carboxylic acids is 1. The smallest absolute Gasteiger partial charge is 0.329 e. The maximum atomic E-state index is 10.9. The summed E-state index contributed by atoms with van der Waals surface area (Å²) in [5.74, 6) is -2.38. The first-order valence-electron chi connectivity index (χ1n) is 4.67. The first-order valence-corrected chi connectivity index (χ1v) is 4.67. The summed E-state index contributed by atoms with van der Waals surface area (Å²) in [5.41, 5.74) is 4.89. The van der Waals surface area contributed by atoms with Crippen molar-refractivity contribution >= 4 is 11.9 Å². The Labute approximate surface area is 95.4 Å². The predicted octanol–water partition coefficient (Wildman–Crippen LogP) is -3.62. The van der Waals surface area contributed by atoms with E-state index in [1.165, 1.54) is 0 Å². The topological polar surface area (TPSA) is 160 Å². The second-order valence-corrected chi connectivity index (χ2v) is 3.50. The zero-order chi connectivity index (χ0) is 13.2. The maximum Gasteiger partial charge on any atom is 0.329 e. The quantitative estimate of drug-likeness (QED) is 0.342. The van der Waals surface area contributed by atoms with Crippen molar-refractivity contribution < 1.29 is 39.5 Å². The van der Waals surface area contributed by atoms with Gasteiger partial charge in [0.2, 0.25) is 5.91 Å². The van der Waals surface area contributed by atoms with Crippen molar-refractivity contribution in [1.29, 1.82) is 0 Å². The molecule has 0 aromatic rings. The van der Waals surface area contributed by atoms with Crippen LogP contribution in [0.5, 0.6) is 0 Å². The van der Waals surface area contributed by atoms with Crippen molar-refractivity contribution in [2.75, 3.05) is 6.61 Å². The van der Waals surface area contributed by atoms with E-state index >= 15 is 0 Å². The molecule has 0 aliphatic carbocycles. The SMILES string of the molecule is NC(=O)C1O[C@@H](OCC(=O)O)C(O)C(O)[C@@H]1O. The van der Waals surface area contributed by atoms with Gasteiger partial charge in [0.15, 0.2) is 12.4 Å². The van der Waals surface area contributed by atoms with Crippen LogP contribution in [0.1, 0.15) is 0 Å². The lowest BCUT2D eigenvalue weighted by atomic mass is 9.98. The fourth-order valence-corrected chi connectivity index (χ4v) is 1.37. The average Bonchev–Trinajstić information content (AvgIpc) is 2.24. The molecule has 9 heteroatoms. The van der Waals surface area contributed by atoms with E-state index < -0.39 is 49.2 Å². The molecule has 0 saturated carbocycles. The Kier molecular flexibility index (Phi) is 4.37. The lowest BCUT2D eigenvalue weighted by Gasteiger charge is -2.38. The van der Waals surface area contributed by atoms with Crippen molar-refractivity contribution in [2.45, 2.75) is 30.7 Å². The predicted molar refractivity (Wildman–Crippen MR) is 49.5 cm³/mol. The highest BCUT2D eigenvalue weighted by atomic mass is 16.7. The van der Waals surface area contributed by atoms with Gasteiger partial charge in [0, 0.05) is 0 Å². The van der Waals surface area contributed by atoms with Gasteiger partial charge in [-0.1, -0.05) is 0 Å². The Hall–Kier alpha value is -1.26. The molecule has 1 fully saturated rings. The number of primary amides is 1. The van der Waals surface area contributed by atoms with Crippen molar-refractivity contribution in [1.82, 2.24) is 0 Å². The van der Waals surface area contributed by atoms with Crippen LogP contribution in [-0.2, 0) is 19.1 Å². The molecule has 3 unspecified atom stereocenters. The Morgan fingerprint density at radius 1 is 1.18 bits per heavy atom. The Balaban J connectivity index is 2.71. The molecule has 0 radical (unpaired) electrons. The molecule has 1 aliphatic rings. The van der Waals surface area contributed by atoms with Gasteiger partial charge in [-0.25, -0.2) is 4.79 Å². The number of amides is 1. The minimum atomic E-state index is -1.72. The zero-order valence-corrected chi connectivity index (χ0v) is 8.59. The Bertz CT molecular complexity index is 308. The van der Waals surface area contributed by atoms with Crippen LogP contribution in [0.2, 0.25) is 0 Å². The number of carbonyl (C=O) groups is 2. The molecule has 9 nitrogen and oxygen atoms in total. The summed E-state index contributed by atoms with van der Waals surface area (Å²) in [6.07, 6.45) is -8.23. The number of aliphatic hydroxyl groups is 3. The molecule has 0 aromatic heterocycles. The minimum absolute atomic E-state index is 0.796. The summed E-state index contributed by atoms with van der Waals surface area (Å²) in [6.45, 7) is -0.796. The zero-order valence-electron chi connectivity index (χ0n) is 8.59. The molecule has 1 saturated heterocycles. The molecule has 17 heavy (non-hydrogen) atoms. The Morgan fingerprint density at radius 3 is 2.24 bits per heavy atom. The number of nitrogens with two attached hydrogens (primary N) is 1. The van der Waals surface area contributed by atoms with Crippen LogP contribution in [0.15, 0.2) is 0 Å². The van der Waals surface area contributed by atoms with Crippen molar-refractivity contribution in [3.63, 3.8) is 0 Å². The van der Waals surface area contributed by atoms with Gasteiger partial charge < -0.3 is 35.6 Å². The van der Waals surface area contributed by atoms with Crippen molar-refractivity contribution in [3.05, 3.63) is 0 Å². The van der Waals surface area contributed by atoms with Gasteiger partial charge >= 0.3 is 5.97 Å². The highest BCUT2D eigenvalue weighted by Crippen LogP contribution is 2.21. The largest absolute Gasteiger partial charge is 0.480 e. The molecule has 1 amide bonds. The Morgan fingerprint density at radius 2 is 1.76 bits per heavy atom. The van der Waals surface area contributed by atoms with E-state index in [0.29, 0.717) is 0 Å². The lowest BCUT2D eigenvalue weighted by Crippen LogP contribution is -2.61. The first-order chi connectivity index (χ1) is 7.84. The maximum absolute atomic E-state index is 10.9. The number of hydrogen-bond acceptors (Lipinski definition) is 7. The van der Waals surface area contributed by atoms with Gasteiger partial charge in [0.25, 0.3) is 0 Å². The lowest BCUT2D eigenvalue weighted by molar-refractivity contribution is -0.289. The average molecular weight is 251 g/mol. The second kappa shape index (κ2) is 5.38. The summed E-state index contributed by atoms with van der Waals surface area (Å²) in [7, 11) is 0. The number of aliphatic hydroxyl groups excluding tert-OH is 3. The van der Waals surface area contributed by atoms with E-state index in [0.717, 1.165) is 0 Å². The van der Waals surface area contributed by atoms with Gasteiger partial charge in [-0.2, -0.15) is 0 Å². The van der Waals surface area contributed by atoms with E-state index in [-0.39, 0.29) is 0 Å². The fraction of sp³-hybridized carbons (Fsp3) is 0.750. The van der Waals surface area contributed by atoms with Crippen LogP contribution in [0.3, 0.4) is 0 Å². The number of hydrogen-bond donors (Lipinski definition) is 5. The third-order valence-corrected chi connectivity index (χ3v) is 2.22. The third kappa shape index (κ3) is 3.11. The van der Waals surface area contributed by atoms with E-state index in [1.54, 1.807) is 0 Å². The van der Waals surface area contributed by atoms with Gasteiger partial charge in [-0.3, -0.25) is 4.79 Å². The number of carboxylic acids is 1. The van der Waals surface area contributed by atoms with E-state index in [9.17, 15) is 24.9 Å². The summed E-state index contributed by atoms with van der Waals surface area (Å²) >= 11 is 0. The summed E-state index contributed by atoms with van der Waals surface area (Å²) in [6, 6.07) is 0. The van der Waals surface area contributed by atoms with Crippen LogP contribution in [0.4, 0.5) is 0 Å².